The zero-order valence-electron chi connectivity index (χ0n) is 11.2. The van der Waals surface area contributed by atoms with E-state index in [4.69, 9.17) is 10.8 Å². The van der Waals surface area contributed by atoms with E-state index in [0.717, 1.165) is 51.1 Å². The third-order valence-corrected chi connectivity index (χ3v) is 2.79. The highest BCUT2D eigenvalue weighted by Crippen LogP contribution is 2.03. The molecule has 1 rings (SSSR count). The fourth-order valence-electron chi connectivity index (χ4n) is 1.69. The van der Waals surface area contributed by atoms with Gasteiger partial charge in [0.1, 0.15) is 0 Å². The molecule has 0 bridgehead atoms. The topological polar surface area (TPSA) is 87.4 Å². The molecule has 19 heavy (non-hydrogen) atoms. The molecule has 0 unspecified atom stereocenters. The van der Waals surface area contributed by atoms with Gasteiger partial charge in [0.25, 0.3) is 0 Å². The van der Waals surface area contributed by atoms with Gasteiger partial charge in [0.2, 0.25) is 0 Å². The van der Waals surface area contributed by atoms with Crippen LogP contribution in [0.2, 0.25) is 0 Å². The highest BCUT2D eigenvalue weighted by Gasteiger charge is 2.01. The fourth-order valence-corrected chi connectivity index (χ4v) is 1.69. The van der Waals surface area contributed by atoms with Crippen molar-refractivity contribution >= 4 is 5.97 Å². The maximum atomic E-state index is 10.7. The molecule has 0 aliphatic carbocycles. The number of benzene rings is 1. The van der Waals surface area contributed by atoms with Crippen LogP contribution in [0.5, 0.6) is 0 Å². The SMILES string of the molecule is NCCCNCCCNCc1ccc(C(=O)O)cc1. The first-order valence-electron chi connectivity index (χ1n) is 6.68. The van der Waals surface area contributed by atoms with Gasteiger partial charge in [0, 0.05) is 6.54 Å². The molecule has 5 heteroatoms. The van der Waals surface area contributed by atoms with Crippen molar-refractivity contribution in [1.29, 1.82) is 0 Å². The Labute approximate surface area is 114 Å². The summed E-state index contributed by atoms with van der Waals surface area (Å²) < 4.78 is 0. The molecule has 0 heterocycles. The van der Waals surface area contributed by atoms with Crippen molar-refractivity contribution in [1.82, 2.24) is 10.6 Å². The lowest BCUT2D eigenvalue weighted by atomic mass is 10.1. The largest absolute Gasteiger partial charge is 0.478 e. The normalized spacial score (nSPS) is 10.6. The Morgan fingerprint density at radius 1 is 1.05 bits per heavy atom. The molecule has 0 spiro atoms. The van der Waals surface area contributed by atoms with Crippen molar-refractivity contribution in [3.8, 4) is 0 Å². The molecule has 0 saturated heterocycles. The second-order valence-corrected chi connectivity index (χ2v) is 4.42. The Kier molecular flexibility index (Phi) is 7.81. The van der Waals surface area contributed by atoms with E-state index in [1.807, 2.05) is 12.1 Å². The second-order valence-electron chi connectivity index (χ2n) is 4.42. The molecular formula is C14H23N3O2. The first-order valence-corrected chi connectivity index (χ1v) is 6.68. The van der Waals surface area contributed by atoms with Gasteiger partial charge >= 0.3 is 5.97 Å². The molecule has 0 amide bonds. The summed E-state index contributed by atoms with van der Waals surface area (Å²) in [4.78, 5) is 10.7. The van der Waals surface area contributed by atoms with Gasteiger partial charge in [0.05, 0.1) is 5.56 Å². The zero-order valence-corrected chi connectivity index (χ0v) is 11.2. The van der Waals surface area contributed by atoms with Crippen molar-refractivity contribution in [3.05, 3.63) is 35.4 Å². The predicted octanol–water partition coefficient (Wildman–Crippen LogP) is 0.803. The van der Waals surface area contributed by atoms with E-state index >= 15 is 0 Å². The highest BCUT2D eigenvalue weighted by molar-refractivity contribution is 5.87. The van der Waals surface area contributed by atoms with Crippen LogP contribution in [0.25, 0.3) is 0 Å². The number of rotatable bonds is 10. The molecule has 0 atom stereocenters. The van der Waals surface area contributed by atoms with E-state index in [0.29, 0.717) is 5.56 Å². The van der Waals surface area contributed by atoms with Crippen LogP contribution in [-0.2, 0) is 6.54 Å². The van der Waals surface area contributed by atoms with Crippen molar-refractivity contribution in [2.75, 3.05) is 26.2 Å². The number of hydrogen-bond donors (Lipinski definition) is 4. The molecule has 5 nitrogen and oxygen atoms in total. The summed E-state index contributed by atoms with van der Waals surface area (Å²) in [6.07, 6.45) is 2.08. The average Bonchev–Trinajstić information content (AvgIpc) is 2.42. The smallest absolute Gasteiger partial charge is 0.335 e. The summed E-state index contributed by atoms with van der Waals surface area (Å²) in [5.41, 5.74) is 6.82. The first-order chi connectivity index (χ1) is 9.24. The highest BCUT2D eigenvalue weighted by atomic mass is 16.4. The minimum atomic E-state index is -0.886. The molecule has 0 radical (unpaired) electrons. The number of nitrogens with one attached hydrogen (secondary N) is 2. The number of carboxylic acids is 1. The molecule has 1 aromatic rings. The lowest BCUT2D eigenvalue weighted by Gasteiger charge is -2.06. The van der Waals surface area contributed by atoms with Crippen LogP contribution in [0.4, 0.5) is 0 Å². The molecule has 0 saturated carbocycles. The standard InChI is InChI=1S/C14H23N3O2/c15-7-1-8-16-9-2-10-17-11-12-3-5-13(6-4-12)14(18)19/h3-6,16-17H,1-2,7-11,15H2,(H,18,19). The number of carboxylic acid groups (broad SMARTS) is 1. The van der Waals surface area contributed by atoms with Gasteiger partial charge in [0.15, 0.2) is 0 Å². The van der Waals surface area contributed by atoms with E-state index in [2.05, 4.69) is 10.6 Å². The number of nitrogens with two attached hydrogens (primary N) is 1. The van der Waals surface area contributed by atoms with Gasteiger partial charge in [-0.1, -0.05) is 12.1 Å². The van der Waals surface area contributed by atoms with Crippen molar-refractivity contribution in [3.63, 3.8) is 0 Å². The van der Waals surface area contributed by atoms with Crippen LogP contribution in [0.1, 0.15) is 28.8 Å². The molecule has 0 aliphatic heterocycles. The van der Waals surface area contributed by atoms with Crippen LogP contribution >= 0.6 is 0 Å². The van der Waals surface area contributed by atoms with Crippen LogP contribution in [-0.4, -0.2) is 37.3 Å². The van der Waals surface area contributed by atoms with Crippen molar-refractivity contribution in [2.24, 2.45) is 5.73 Å². The second kappa shape index (κ2) is 9.49. The average molecular weight is 265 g/mol. The molecular weight excluding hydrogens is 242 g/mol. The lowest BCUT2D eigenvalue weighted by Crippen LogP contribution is -2.23. The van der Waals surface area contributed by atoms with E-state index in [-0.39, 0.29) is 0 Å². The van der Waals surface area contributed by atoms with Crippen LogP contribution in [0.3, 0.4) is 0 Å². The minimum Gasteiger partial charge on any atom is -0.478 e. The maximum absolute atomic E-state index is 10.7. The third-order valence-electron chi connectivity index (χ3n) is 2.79. The molecule has 106 valence electrons. The maximum Gasteiger partial charge on any atom is 0.335 e. The molecule has 0 fully saturated rings. The van der Waals surface area contributed by atoms with E-state index in [9.17, 15) is 4.79 Å². The number of hydrogen-bond acceptors (Lipinski definition) is 4. The Balaban J connectivity index is 2.07. The Bertz CT molecular complexity index is 365. The summed E-state index contributed by atoms with van der Waals surface area (Å²) in [5, 5.41) is 15.4. The molecule has 0 aromatic heterocycles. The van der Waals surface area contributed by atoms with Gasteiger partial charge < -0.3 is 21.5 Å². The van der Waals surface area contributed by atoms with Gasteiger partial charge in [-0.15, -0.1) is 0 Å². The zero-order chi connectivity index (χ0) is 13.9. The summed E-state index contributed by atoms with van der Waals surface area (Å²) in [5.74, 6) is -0.886. The summed E-state index contributed by atoms with van der Waals surface area (Å²) in [6, 6.07) is 6.95. The number of carbonyl (C=O) groups is 1. The van der Waals surface area contributed by atoms with Gasteiger partial charge in [-0.25, -0.2) is 4.79 Å². The van der Waals surface area contributed by atoms with Crippen LogP contribution < -0.4 is 16.4 Å². The Morgan fingerprint density at radius 2 is 1.68 bits per heavy atom. The van der Waals surface area contributed by atoms with Crippen molar-refractivity contribution < 1.29 is 9.90 Å². The van der Waals surface area contributed by atoms with Gasteiger partial charge in [-0.05, 0) is 56.7 Å². The minimum absolute atomic E-state index is 0.327. The third kappa shape index (κ3) is 6.91. The van der Waals surface area contributed by atoms with E-state index in [1.54, 1.807) is 12.1 Å². The van der Waals surface area contributed by atoms with Gasteiger partial charge in [-0.3, -0.25) is 0 Å². The first kappa shape index (κ1) is 15.6. The van der Waals surface area contributed by atoms with E-state index in [1.165, 1.54) is 0 Å². The number of aromatic carboxylic acids is 1. The van der Waals surface area contributed by atoms with Gasteiger partial charge in [-0.2, -0.15) is 0 Å². The quantitative estimate of drug-likeness (QED) is 0.470. The molecule has 5 N–H and O–H groups in total. The molecule has 0 aliphatic rings. The lowest BCUT2D eigenvalue weighted by molar-refractivity contribution is 0.0697. The van der Waals surface area contributed by atoms with Crippen LogP contribution in [0, 0.1) is 0 Å². The monoisotopic (exact) mass is 265 g/mol. The fraction of sp³-hybridized carbons (Fsp3) is 0.500. The Hall–Kier alpha value is -1.43. The summed E-state index contributed by atoms with van der Waals surface area (Å²) in [7, 11) is 0. The van der Waals surface area contributed by atoms with Crippen molar-refractivity contribution in [2.45, 2.75) is 19.4 Å². The predicted molar refractivity (Wildman–Crippen MR) is 76.3 cm³/mol. The molecule has 1 aromatic carbocycles. The Morgan fingerprint density at radius 3 is 2.32 bits per heavy atom. The van der Waals surface area contributed by atoms with E-state index < -0.39 is 5.97 Å². The summed E-state index contributed by atoms with van der Waals surface area (Å²) in [6.45, 7) is 4.41. The summed E-state index contributed by atoms with van der Waals surface area (Å²) >= 11 is 0. The van der Waals surface area contributed by atoms with Crippen LogP contribution in [0.15, 0.2) is 24.3 Å².